The minimum absolute atomic E-state index is 0.0897. The van der Waals surface area contributed by atoms with Crippen LogP contribution in [0, 0.1) is 5.92 Å². The fourth-order valence-corrected chi connectivity index (χ4v) is 1.79. The van der Waals surface area contributed by atoms with Crippen LogP contribution >= 0.6 is 0 Å². The number of amides is 2. The van der Waals surface area contributed by atoms with E-state index < -0.39 is 18.5 Å². The van der Waals surface area contributed by atoms with Gasteiger partial charge in [0.25, 0.3) is 6.43 Å². The monoisotopic (exact) mass is 273 g/mol. The average molecular weight is 273 g/mol. The maximum atomic E-state index is 12.7. The molecular formula is C12H17F2N3O2. The fourth-order valence-electron chi connectivity index (χ4n) is 1.79. The van der Waals surface area contributed by atoms with E-state index in [9.17, 15) is 13.6 Å². The molecular weight excluding hydrogens is 256 g/mol. The molecule has 1 aliphatic rings. The van der Waals surface area contributed by atoms with Gasteiger partial charge in [-0.25, -0.2) is 18.6 Å². The number of hydrogen-bond acceptors (Lipinski definition) is 3. The van der Waals surface area contributed by atoms with Crippen LogP contribution in [0.3, 0.4) is 0 Å². The number of rotatable bonds is 6. The summed E-state index contributed by atoms with van der Waals surface area (Å²) in [5, 5.41) is 4.76. The lowest BCUT2D eigenvalue weighted by molar-refractivity contribution is 0.0915. The zero-order valence-corrected chi connectivity index (χ0v) is 10.7. The molecule has 2 rings (SSSR count). The molecule has 0 aromatic carbocycles. The van der Waals surface area contributed by atoms with Crippen LogP contribution in [-0.4, -0.2) is 23.5 Å². The Balaban J connectivity index is 1.77. The maximum Gasteiger partial charge on any atom is 0.315 e. The molecule has 2 N–H and O–H groups in total. The van der Waals surface area contributed by atoms with Crippen LogP contribution < -0.4 is 10.6 Å². The first-order valence-electron chi connectivity index (χ1n) is 6.36. The Morgan fingerprint density at radius 3 is 2.84 bits per heavy atom. The third-order valence-corrected chi connectivity index (χ3v) is 3.05. The van der Waals surface area contributed by atoms with Gasteiger partial charge in [-0.2, -0.15) is 0 Å². The van der Waals surface area contributed by atoms with Gasteiger partial charge in [0.05, 0.1) is 18.8 Å². The molecule has 19 heavy (non-hydrogen) atoms. The first-order valence-corrected chi connectivity index (χ1v) is 6.36. The summed E-state index contributed by atoms with van der Waals surface area (Å²) in [6.45, 7) is 2.01. The van der Waals surface area contributed by atoms with Crippen molar-refractivity contribution in [2.45, 2.75) is 45.2 Å². The van der Waals surface area contributed by atoms with Crippen molar-refractivity contribution in [3.63, 3.8) is 0 Å². The molecule has 0 radical (unpaired) electrons. The highest BCUT2D eigenvalue weighted by Crippen LogP contribution is 2.35. The molecule has 1 atom stereocenters. The lowest BCUT2D eigenvalue weighted by Gasteiger charge is -2.17. The number of nitrogens with zero attached hydrogens (tertiary/aromatic N) is 1. The SMILES string of the molecule is CCc1cnc(CNC(=O)NC(C(F)F)C2CC2)o1. The van der Waals surface area contributed by atoms with E-state index in [1.165, 1.54) is 0 Å². The molecule has 0 saturated heterocycles. The van der Waals surface area contributed by atoms with Crippen molar-refractivity contribution in [1.29, 1.82) is 0 Å². The van der Waals surface area contributed by atoms with E-state index in [2.05, 4.69) is 15.6 Å². The van der Waals surface area contributed by atoms with E-state index in [0.717, 1.165) is 18.6 Å². The Morgan fingerprint density at radius 2 is 2.32 bits per heavy atom. The van der Waals surface area contributed by atoms with Gasteiger partial charge >= 0.3 is 6.03 Å². The van der Waals surface area contributed by atoms with Crippen molar-refractivity contribution in [2.75, 3.05) is 0 Å². The number of nitrogens with one attached hydrogen (secondary N) is 2. The smallest absolute Gasteiger partial charge is 0.315 e. The van der Waals surface area contributed by atoms with E-state index in [1.54, 1.807) is 6.20 Å². The number of urea groups is 1. The summed E-state index contributed by atoms with van der Waals surface area (Å²) in [6.07, 6.45) is 1.26. The second kappa shape index (κ2) is 5.99. The highest BCUT2D eigenvalue weighted by molar-refractivity contribution is 5.74. The third-order valence-electron chi connectivity index (χ3n) is 3.05. The minimum atomic E-state index is -2.54. The summed E-state index contributed by atoms with van der Waals surface area (Å²) >= 11 is 0. The molecule has 1 aliphatic carbocycles. The third kappa shape index (κ3) is 3.90. The van der Waals surface area contributed by atoms with E-state index >= 15 is 0 Å². The van der Waals surface area contributed by atoms with Crippen LogP contribution in [0.2, 0.25) is 0 Å². The van der Waals surface area contributed by atoms with E-state index in [4.69, 9.17) is 4.42 Å². The molecule has 1 fully saturated rings. The molecule has 5 nitrogen and oxygen atoms in total. The van der Waals surface area contributed by atoms with Crippen LogP contribution in [0.15, 0.2) is 10.6 Å². The van der Waals surface area contributed by atoms with Gasteiger partial charge in [0.15, 0.2) is 0 Å². The van der Waals surface area contributed by atoms with Gasteiger partial charge < -0.3 is 15.1 Å². The number of carbonyl (C=O) groups excluding carboxylic acids is 1. The molecule has 1 saturated carbocycles. The van der Waals surface area contributed by atoms with E-state index in [-0.39, 0.29) is 12.5 Å². The number of oxazole rings is 1. The number of aryl methyl sites for hydroxylation is 1. The van der Waals surface area contributed by atoms with Crippen molar-refractivity contribution in [1.82, 2.24) is 15.6 Å². The van der Waals surface area contributed by atoms with E-state index in [0.29, 0.717) is 12.3 Å². The lowest BCUT2D eigenvalue weighted by atomic mass is 10.2. The summed E-state index contributed by atoms with van der Waals surface area (Å²) < 4.78 is 30.7. The summed E-state index contributed by atoms with van der Waals surface area (Å²) in [5.41, 5.74) is 0. The summed E-state index contributed by atoms with van der Waals surface area (Å²) in [6, 6.07) is -1.68. The first-order chi connectivity index (χ1) is 9.10. The average Bonchev–Trinajstić information content (AvgIpc) is 3.11. The fraction of sp³-hybridized carbons (Fsp3) is 0.667. The molecule has 1 unspecified atom stereocenters. The van der Waals surface area contributed by atoms with Gasteiger partial charge in [0.1, 0.15) is 5.76 Å². The Morgan fingerprint density at radius 1 is 1.58 bits per heavy atom. The van der Waals surface area contributed by atoms with Crippen molar-refractivity contribution in [3.8, 4) is 0 Å². The summed E-state index contributed by atoms with van der Waals surface area (Å²) in [5.74, 6) is 0.992. The molecule has 1 aromatic heterocycles. The van der Waals surface area contributed by atoms with Crippen LogP contribution in [0.1, 0.15) is 31.4 Å². The zero-order valence-electron chi connectivity index (χ0n) is 10.7. The van der Waals surface area contributed by atoms with Gasteiger partial charge in [-0.15, -0.1) is 0 Å². The molecule has 106 valence electrons. The Kier molecular flexibility index (Phi) is 4.34. The van der Waals surface area contributed by atoms with Gasteiger partial charge in [0, 0.05) is 6.42 Å². The normalized spacial score (nSPS) is 16.4. The van der Waals surface area contributed by atoms with Gasteiger partial charge in [0.2, 0.25) is 5.89 Å². The van der Waals surface area contributed by atoms with Crippen LogP contribution in [0.4, 0.5) is 13.6 Å². The maximum absolute atomic E-state index is 12.7. The predicted molar refractivity (Wildman–Crippen MR) is 63.8 cm³/mol. The molecule has 7 heteroatoms. The van der Waals surface area contributed by atoms with Crippen LogP contribution in [-0.2, 0) is 13.0 Å². The first kappa shape index (κ1) is 13.8. The lowest BCUT2D eigenvalue weighted by Crippen LogP contribution is -2.46. The van der Waals surface area contributed by atoms with Crippen molar-refractivity contribution in [2.24, 2.45) is 5.92 Å². The Bertz CT molecular complexity index is 430. The topological polar surface area (TPSA) is 67.2 Å². The minimum Gasteiger partial charge on any atom is -0.444 e. The molecule has 0 aliphatic heterocycles. The van der Waals surface area contributed by atoms with Gasteiger partial charge in [-0.05, 0) is 18.8 Å². The van der Waals surface area contributed by atoms with Gasteiger partial charge in [-0.1, -0.05) is 6.92 Å². The number of hydrogen-bond donors (Lipinski definition) is 2. The standard InChI is InChI=1S/C12H17F2N3O2/c1-2-8-5-15-9(19-8)6-16-12(18)17-10(11(13)14)7-3-4-7/h5,7,10-11H,2-4,6H2,1H3,(H2,16,17,18). The second-order valence-corrected chi connectivity index (χ2v) is 4.60. The number of aromatic nitrogens is 1. The molecule has 1 aromatic rings. The molecule has 2 amide bonds. The van der Waals surface area contributed by atoms with Crippen LogP contribution in [0.25, 0.3) is 0 Å². The number of alkyl halides is 2. The number of halogens is 2. The Hall–Kier alpha value is -1.66. The van der Waals surface area contributed by atoms with Crippen molar-refractivity contribution in [3.05, 3.63) is 17.8 Å². The molecule has 1 heterocycles. The van der Waals surface area contributed by atoms with Crippen molar-refractivity contribution < 1.29 is 18.0 Å². The van der Waals surface area contributed by atoms with Crippen LogP contribution in [0.5, 0.6) is 0 Å². The van der Waals surface area contributed by atoms with E-state index in [1.807, 2.05) is 6.92 Å². The predicted octanol–water partition coefficient (Wildman–Crippen LogP) is 2.08. The highest BCUT2D eigenvalue weighted by Gasteiger charge is 2.38. The van der Waals surface area contributed by atoms with Gasteiger partial charge in [-0.3, -0.25) is 0 Å². The largest absolute Gasteiger partial charge is 0.444 e. The molecule has 0 spiro atoms. The second-order valence-electron chi connectivity index (χ2n) is 4.60. The zero-order chi connectivity index (χ0) is 13.8. The summed E-state index contributed by atoms with van der Waals surface area (Å²) in [4.78, 5) is 15.5. The van der Waals surface area contributed by atoms with Crippen molar-refractivity contribution >= 4 is 6.03 Å². The summed E-state index contributed by atoms with van der Waals surface area (Å²) in [7, 11) is 0. The highest BCUT2D eigenvalue weighted by atomic mass is 19.3. The number of carbonyl (C=O) groups is 1. The quantitative estimate of drug-likeness (QED) is 0.834. The Labute approximate surface area is 109 Å². The molecule has 0 bridgehead atoms.